The zero-order chi connectivity index (χ0) is 22.6. The number of sulfonamides is 1. The zero-order valence-electron chi connectivity index (χ0n) is 17.7. The lowest BCUT2D eigenvalue weighted by Gasteiger charge is -2.25. The highest BCUT2D eigenvalue weighted by molar-refractivity contribution is 7.89. The van der Waals surface area contributed by atoms with Crippen molar-refractivity contribution in [1.82, 2.24) is 14.1 Å². The van der Waals surface area contributed by atoms with Gasteiger partial charge in [0.25, 0.3) is 5.91 Å². The standard InChI is InChI=1S/C22H27F2N3O3S/c1-25(2)13-14-26(16-17-5-8-19(23)9-6-17)22(28)18-7-10-20(24)21(15-18)31(29,30)27-11-3-4-12-27/h5-10,15H,3-4,11-14,16H2,1-2H3. The lowest BCUT2D eigenvalue weighted by atomic mass is 10.1. The van der Waals surface area contributed by atoms with Crippen LogP contribution in [0.2, 0.25) is 0 Å². The van der Waals surface area contributed by atoms with E-state index in [1.165, 1.54) is 22.5 Å². The number of hydrogen-bond acceptors (Lipinski definition) is 4. The molecule has 1 saturated heterocycles. The summed E-state index contributed by atoms with van der Waals surface area (Å²) in [6.45, 7) is 1.86. The first kappa shape index (κ1) is 23.3. The van der Waals surface area contributed by atoms with Crippen molar-refractivity contribution in [1.29, 1.82) is 0 Å². The molecule has 31 heavy (non-hydrogen) atoms. The summed E-state index contributed by atoms with van der Waals surface area (Å²) in [6.07, 6.45) is 1.46. The first-order valence-electron chi connectivity index (χ1n) is 10.2. The van der Waals surface area contributed by atoms with Crippen molar-refractivity contribution in [3.63, 3.8) is 0 Å². The van der Waals surface area contributed by atoms with Crippen LogP contribution in [0.4, 0.5) is 8.78 Å². The van der Waals surface area contributed by atoms with E-state index in [1.807, 2.05) is 19.0 Å². The molecular weight excluding hydrogens is 424 g/mol. The number of carbonyl (C=O) groups is 1. The summed E-state index contributed by atoms with van der Waals surface area (Å²) in [5, 5.41) is 0. The van der Waals surface area contributed by atoms with Gasteiger partial charge in [0, 0.05) is 38.3 Å². The molecule has 0 spiro atoms. The van der Waals surface area contributed by atoms with Gasteiger partial charge in [0.05, 0.1) is 0 Å². The highest BCUT2D eigenvalue weighted by Gasteiger charge is 2.31. The van der Waals surface area contributed by atoms with Crippen molar-refractivity contribution in [3.05, 3.63) is 65.2 Å². The van der Waals surface area contributed by atoms with E-state index < -0.39 is 26.6 Å². The molecule has 168 valence electrons. The van der Waals surface area contributed by atoms with E-state index in [2.05, 4.69) is 0 Å². The molecule has 0 N–H and O–H groups in total. The Morgan fingerprint density at radius 3 is 2.26 bits per heavy atom. The average molecular weight is 452 g/mol. The molecule has 0 bridgehead atoms. The third kappa shape index (κ3) is 5.66. The number of rotatable bonds is 8. The molecule has 3 rings (SSSR count). The van der Waals surface area contributed by atoms with Crippen LogP contribution in [-0.2, 0) is 16.6 Å². The maximum Gasteiger partial charge on any atom is 0.254 e. The van der Waals surface area contributed by atoms with Crippen LogP contribution in [0.3, 0.4) is 0 Å². The third-order valence-corrected chi connectivity index (χ3v) is 7.17. The maximum absolute atomic E-state index is 14.4. The van der Waals surface area contributed by atoms with Gasteiger partial charge in [-0.1, -0.05) is 12.1 Å². The van der Waals surface area contributed by atoms with Crippen LogP contribution in [0.1, 0.15) is 28.8 Å². The van der Waals surface area contributed by atoms with Crippen LogP contribution in [0, 0.1) is 11.6 Å². The summed E-state index contributed by atoms with van der Waals surface area (Å²) in [5.74, 6) is -1.66. The van der Waals surface area contributed by atoms with Gasteiger partial charge >= 0.3 is 0 Å². The van der Waals surface area contributed by atoms with E-state index in [0.717, 1.165) is 30.5 Å². The smallest absolute Gasteiger partial charge is 0.254 e. The van der Waals surface area contributed by atoms with Gasteiger partial charge in [0.1, 0.15) is 16.5 Å². The summed E-state index contributed by atoms with van der Waals surface area (Å²) < 4.78 is 54.7. The number of amides is 1. The Bertz CT molecular complexity index is 1020. The fraction of sp³-hybridized carbons (Fsp3) is 0.409. The van der Waals surface area contributed by atoms with Gasteiger partial charge in [0.2, 0.25) is 10.0 Å². The average Bonchev–Trinajstić information content (AvgIpc) is 3.28. The second-order valence-corrected chi connectivity index (χ2v) is 9.82. The van der Waals surface area contributed by atoms with Crippen molar-refractivity contribution < 1.29 is 22.0 Å². The van der Waals surface area contributed by atoms with Crippen molar-refractivity contribution in [3.8, 4) is 0 Å². The van der Waals surface area contributed by atoms with Crippen molar-refractivity contribution in [2.45, 2.75) is 24.3 Å². The summed E-state index contributed by atoms with van der Waals surface area (Å²) in [7, 11) is -0.254. The minimum absolute atomic E-state index is 0.0973. The van der Waals surface area contributed by atoms with E-state index in [1.54, 1.807) is 17.0 Å². The molecule has 0 radical (unpaired) electrons. The van der Waals surface area contributed by atoms with E-state index in [4.69, 9.17) is 0 Å². The van der Waals surface area contributed by atoms with Crippen molar-refractivity contribution in [2.24, 2.45) is 0 Å². The molecule has 1 fully saturated rings. The molecule has 1 aliphatic rings. The first-order valence-corrected chi connectivity index (χ1v) is 11.6. The van der Waals surface area contributed by atoms with Gasteiger partial charge in [-0.05, 0) is 62.8 Å². The molecule has 9 heteroatoms. The van der Waals surface area contributed by atoms with E-state index in [9.17, 15) is 22.0 Å². The Labute approximate surface area is 182 Å². The SMILES string of the molecule is CN(C)CCN(Cc1ccc(F)cc1)C(=O)c1ccc(F)c(S(=O)(=O)N2CCCC2)c1. The van der Waals surface area contributed by atoms with Gasteiger partial charge < -0.3 is 9.80 Å². The Morgan fingerprint density at radius 1 is 1.00 bits per heavy atom. The summed E-state index contributed by atoms with van der Waals surface area (Å²) in [6, 6.07) is 9.29. The van der Waals surface area contributed by atoms with Crippen LogP contribution < -0.4 is 0 Å². The summed E-state index contributed by atoms with van der Waals surface area (Å²) in [4.78, 5) is 16.2. The summed E-state index contributed by atoms with van der Waals surface area (Å²) >= 11 is 0. The molecule has 0 atom stereocenters. The lowest BCUT2D eigenvalue weighted by Crippen LogP contribution is -2.36. The molecule has 1 heterocycles. The first-order chi connectivity index (χ1) is 14.7. The van der Waals surface area contributed by atoms with Crippen LogP contribution in [0.5, 0.6) is 0 Å². The predicted molar refractivity (Wildman–Crippen MR) is 114 cm³/mol. The molecule has 2 aromatic rings. The molecular formula is C22H27F2N3O3S. The third-order valence-electron chi connectivity index (χ3n) is 5.25. The topological polar surface area (TPSA) is 60.9 Å². The minimum atomic E-state index is -4.00. The molecule has 6 nitrogen and oxygen atoms in total. The van der Waals surface area contributed by atoms with E-state index >= 15 is 0 Å². The molecule has 0 unspecified atom stereocenters. The fourth-order valence-corrected chi connectivity index (χ4v) is 5.07. The van der Waals surface area contributed by atoms with Crippen molar-refractivity contribution >= 4 is 15.9 Å². The number of nitrogens with zero attached hydrogens (tertiary/aromatic N) is 3. The highest BCUT2D eigenvalue weighted by atomic mass is 32.2. The quantitative estimate of drug-likeness (QED) is 0.619. The number of halogens is 2. The van der Waals surface area contributed by atoms with Gasteiger partial charge in [-0.15, -0.1) is 0 Å². The number of carbonyl (C=O) groups excluding carboxylic acids is 1. The van der Waals surface area contributed by atoms with Crippen LogP contribution >= 0.6 is 0 Å². The highest BCUT2D eigenvalue weighted by Crippen LogP contribution is 2.25. The van der Waals surface area contributed by atoms with E-state index in [-0.39, 0.29) is 17.9 Å². The van der Waals surface area contributed by atoms with Crippen LogP contribution in [0.15, 0.2) is 47.4 Å². The zero-order valence-corrected chi connectivity index (χ0v) is 18.5. The van der Waals surface area contributed by atoms with Crippen LogP contribution in [0.25, 0.3) is 0 Å². The number of hydrogen-bond donors (Lipinski definition) is 0. The Hall–Kier alpha value is -2.36. The lowest BCUT2D eigenvalue weighted by molar-refractivity contribution is 0.0731. The van der Waals surface area contributed by atoms with E-state index in [0.29, 0.717) is 26.2 Å². The van der Waals surface area contributed by atoms with Crippen LogP contribution in [-0.4, -0.2) is 68.7 Å². The molecule has 0 aliphatic carbocycles. The maximum atomic E-state index is 14.4. The van der Waals surface area contributed by atoms with Gasteiger partial charge in [0.15, 0.2) is 0 Å². The molecule has 0 saturated carbocycles. The second kappa shape index (κ2) is 9.84. The Kier molecular flexibility index (Phi) is 7.40. The second-order valence-electron chi connectivity index (χ2n) is 7.91. The monoisotopic (exact) mass is 451 g/mol. The molecule has 0 aromatic heterocycles. The fourth-order valence-electron chi connectivity index (χ4n) is 3.47. The molecule has 1 aliphatic heterocycles. The minimum Gasteiger partial charge on any atom is -0.333 e. The van der Waals surface area contributed by atoms with Gasteiger partial charge in [-0.25, -0.2) is 17.2 Å². The molecule has 1 amide bonds. The molecule has 2 aromatic carbocycles. The number of likely N-dealkylation sites (N-methyl/N-ethyl adjacent to an activating group) is 1. The van der Waals surface area contributed by atoms with Crippen molar-refractivity contribution in [2.75, 3.05) is 40.3 Å². The predicted octanol–water partition coefficient (Wildman–Crippen LogP) is 2.95. The van der Waals surface area contributed by atoms with Gasteiger partial charge in [-0.2, -0.15) is 4.31 Å². The normalized spacial score (nSPS) is 14.9. The Morgan fingerprint density at radius 2 is 1.65 bits per heavy atom. The Balaban J connectivity index is 1.90. The number of benzene rings is 2. The van der Waals surface area contributed by atoms with Gasteiger partial charge in [-0.3, -0.25) is 4.79 Å². The summed E-state index contributed by atoms with van der Waals surface area (Å²) in [5.41, 5.74) is 0.834. The largest absolute Gasteiger partial charge is 0.333 e.